The van der Waals surface area contributed by atoms with Gasteiger partial charge in [0, 0.05) is 31.5 Å². The van der Waals surface area contributed by atoms with Gasteiger partial charge in [0.1, 0.15) is 6.26 Å². The maximum atomic E-state index is 12.0. The van der Waals surface area contributed by atoms with Gasteiger partial charge in [0.25, 0.3) is 5.91 Å². The lowest BCUT2D eigenvalue weighted by molar-refractivity contribution is 0.0993. The third-order valence-electron chi connectivity index (χ3n) is 2.88. The van der Waals surface area contributed by atoms with Crippen molar-refractivity contribution in [3.8, 4) is 5.75 Å². The monoisotopic (exact) mass is 288 g/mol. The summed E-state index contributed by atoms with van der Waals surface area (Å²) in [4.78, 5) is 25.5. The zero-order valence-electron chi connectivity index (χ0n) is 12.0. The van der Waals surface area contributed by atoms with Crippen molar-refractivity contribution in [3.63, 3.8) is 0 Å². The minimum atomic E-state index is -0.493. The molecule has 0 aliphatic heterocycles. The van der Waals surface area contributed by atoms with E-state index >= 15 is 0 Å². The van der Waals surface area contributed by atoms with E-state index in [1.54, 1.807) is 12.1 Å². The molecule has 1 N–H and O–H groups in total. The molecule has 0 aliphatic carbocycles. The van der Waals surface area contributed by atoms with Crippen LogP contribution in [0, 0.1) is 0 Å². The van der Waals surface area contributed by atoms with Crippen LogP contribution in [-0.4, -0.2) is 27.1 Å². The quantitative estimate of drug-likeness (QED) is 0.931. The molecule has 21 heavy (non-hydrogen) atoms. The van der Waals surface area contributed by atoms with Gasteiger partial charge in [0.2, 0.25) is 11.2 Å². The summed E-state index contributed by atoms with van der Waals surface area (Å²) in [6, 6.07) is 8.39. The molecule has 1 aromatic carbocycles. The summed E-state index contributed by atoms with van der Waals surface area (Å²) in [6.45, 7) is 0. The van der Waals surface area contributed by atoms with Crippen LogP contribution in [-0.2, 0) is 0 Å². The molecule has 0 saturated heterocycles. The topological polar surface area (TPSA) is 71.8 Å². The van der Waals surface area contributed by atoms with E-state index in [0.29, 0.717) is 5.69 Å². The van der Waals surface area contributed by atoms with Crippen molar-refractivity contribution in [2.75, 3.05) is 31.4 Å². The van der Waals surface area contributed by atoms with Gasteiger partial charge in [-0.15, -0.1) is 0 Å². The van der Waals surface area contributed by atoms with E-state index in [9.17, 15) is 9.59 Å². The standard InChI is InChI=1S/C15H16N2O4/c1-17(2)11-6-4-10(5-7-11)16-15(19)13-8-12(18)14(20-3)9-21-13/h4-9H,1-3H3,(H,16,19). The first-order chi connectivity index (χ1) is 10.0. The van der Waals surface area contributed by atoms with Crippen molar-refractivity contribution >= 4 is 17.3 Å². The molecule has 0 spiro atoms. The lowest BCUT2D eigenvalue weighted by atomic mass is 10.2. The Morgan fingerprint density at radius 3 is 2.43 bits per heavy atom. The van der Waals surface area contributed by atoms with Gasteiger partial charge in [-0.3, -0.25) is 9.59 Å². The average Bonchev–Trinajstić information content (AvgIpc) is 2.47. The maximum Gasteiger partial charge on any atom is 0.291 e. The SMILES string of the molecule is COc1coc(C(=O)Nc2ccc(N(C)C)cc2)cc1=O. The number of carbonyl (C=O) groups excluding carboxylic acids is 1. The second kappa shape index (κ2) is 6.13. The molecule has 1 amide bonds. The fourth-order valence-electron chi connectivity index (χ4n) is 1.70. The normalized spacial score (nSPS) is 10.0. The van der Waals surface area contributed by atoms with Crippen molar-refractivity contribution in [3.05, 3.63) is 52.6 Å². The van der Waals surface area contributed by atoms with Gasteiger partial charge >= 0.3 is 0 Å². The Balaban J connectivity index is 2.14. The van der Waals surface area contributed by atoms with Gasteiger partial charge in [-0.05, 0) is 24.3 Å². The molecule has 1 heterocycles. The smallest absolute Gasteiger partial charge is 0.291 e. The Labute approximate surface area is 121 Å². The number of rotatable bonds is 4. The predicted molar refractivity (Wildman–Crippen MR) is 80.3 cm³/mol. The van der Waals surface area contributed by atoms with E-state index in [0.717, 1.165) is 18.0 Å². The molecule has 6 heteroatoms. The first kappa shape index (κ1) is 14.6. The Morgan fingerprint density at radius 1 is 1.24 bits per heavy atom. The van der Waals surface area contributed by atoms with Crippen molar-refractivity contribution in [2.45, 2.75) is 0 Å². The minimum Gasteiger partial charge on any atom is -0.490 e. The van der Waals surface area contributed by atoms with E-state index in [1.807, 2.05) is 31.1 Å². The molecule has 1 aromatic heterocycles. The molecule has 0 atom stereocenters. The molecule has 2 rings (SSSR count). The van der Waals surface area contributed by atoms with E-state index in [2.05, 4.69) is 5.32 Å². The number of anilines is 2. The number of methoxy groups -OCH3 is 1. The highest BCUT2D eigenvalue weighted by molar-refractivity contribution is 6.02. The summed E-state index contributed by atoms with van der Waals surface area (Å²) >= 11 is 0. The van der Waals surface area contributed by atoms with Crippen LogP contribution in [0.5, 0.6) is 5.75 Å². The van der Waals surface area contributed by atoms with Crippen LogP contribution in [0.2, 0.25) is 0 Å². The molecular formula is C15H16N2O4. The van der Waals surface area contributed by atoms with Crippen LogP contribution >= 0.6 is 0 Å². The van der Waals surface area contributed by atoms with E-state index in [4.69, 9.17) is 9.15 Å². The summed E-state index contributed by atoms with van der Waals surface area (Å²) in [7, 11) is 5.22. The van der Waals surface area contributed by atoms with Crippen molar-refractivity contribution in [1.29, 1.82) is 0 Å². The van der Waals surface area contributed by atoms with Gasteiger partial charge in [-0.1, -0.05) is 0 Å². The van der Waals surface area contributed by atoms with Crippen LogP contribution < -0.4 is 20.4 Å². The number of ether oxygens (including phenoxy) is 1. The van der Waals surface area contributed by atoms with E-state index in [-0.39, 0.29) is 11.5 Å². The molecule has 110 valence electrons. The third kappa shape index (κ3) is 3.42. The van der Waals surface area contributed by atoms with Gasteiger partial charge in [0.05, 0.1) is 7.11 Å². The number of carbonyl (C=O) groups is 1. The number of hydrogen-bond donors (Lipinski definition) is 1. The molecule has 0 bridgehead atoms. The molecule has 0 unspecified atom stereocenters. The molecule has 6 nitrogen and oxygen atoms in total. The van der Waals surface area contributed by atoms with Gasteiger partial charge in [0.15, 0.2) is 5.76 Å². The fourth-order valence-corrected chi connectivity index (χ4v) is 1.70. The summed E-state index contributed by atoms with van der Waals surface area (Å²) < 4.78 is 9.87. The summed E-state index contributed by atoms with van der Waals surface area (Å²) in [5.41, 5.74) is 1.23. The number of amides is 1. The first-order valence-corrected chi connectivity index (χ1v) is 6.27. The van der Waals surface area contributed by atoms with Crippen molar-refractivity contribution in [2.24, 2.45) is 0 Å². The largest absolute Gasteiger partial charge is 0.490 e. The Bertz CT molecular complexity index is 690. The van der Waals surface area contributed by atoms with Crippen molar-refractivity contribution < 1.29 is 13.9 Å². The molecular weight excluding hydrogens is 272 g/mol. The molecule has 0 aliphatic rings. The molecule has 0 saturated carbocycles. The van der Waals surface area contributed by atoms with E-state index in [1.165, 1.54) is 7.11 Å². The Kier molecular flexibility index (Phi) is 4.27. The van der Waals surface area contributed by atoms with Crippen LogP contribution in [0.3, 0.4) is 0 Å². The molecule has 0 radical (unpaired) electrons. The number of hydrogen-bond acceptors (Lipinski definition) is 5. The molecule has 0 fully saturated rings. The van der Waals surface area contributed by atoms with Crippen LogP contribution in [0.15, 0.2) is 45.8 Å². The van der Waals surface area contributed by atoms with Crippen LogP contribution in [0.25, 0.3) is 0 Å². The van der Waals surface area contributed by atoms with Gasteiger partial charge in [-0.2, -0.15) is 0 Å². The summed E-state index contributed by atoms with van der Waals surface area (Å²) in [5.74, 6) is -0.508. The second-order valence-electron chi connectivity index (χ2n) is 4.57. The lowest BCUT2D eigenvalue weighted by Crippen LogP contribution is -2.15. The highest BCUT2D eigenvalue weighted by atomic mass is 16.5. The Hall–Kier alpha value is -2.76. The summed E-state index contributed by atoms with van der Waals surface area (Å²) in [6.07, 6.45) is 1.12. The fraction of sp³-hybridized carbons (Fsp3) is 0.200. The maximum absolute atomic E-state index is 12.0. The Morgan fingerprint density at radius 2 is 1.90 bits per heavy atom. The zero-order chi connectivity index (χ0) is 15.4. The van der Waals surface area contributed by atoms with Crippen molar-refractivity contribution in [1.82, 2.24) is 0 Å². The number of nitrogens with zero attached hydrogens (tertiary/aromatic N) is 1. The zero-order valence-corrected chi connectivity index (χ0v) is 12.0. The minimum absolute atomic E-state index is 0.0573. The average molecular weight is 288 g/mol. The highest BCUT2D eigenvalue weighted by Gasteiger charge is 2.12. The first-order valence-electron chi connectivity index (χ1n) is 6.27. The van der Waals surface area contributed by atoms with Crippen LogP contribution in [0.4, 0.5) is 11.4 Å². The van der Waals surface area contributed by atoms with Gasteiger partial charge in [-0.25, -0.2) is 0 Å². The predicted octanol–water partition coefficient (Wildman–Crippen LogP) is 1.97. The number of benzene rings is 1. The van der Waals surface area contributed by atoms with Gasteiger partial charge < -0.3 is 19.4 Å². The second-order valence-corrected chi connectivity index (χ2v) is 4.57. The lowest BCUT2D eigenvalue weighted by Gasteiger charge is -2.12. The summed E-state index contributed by atoms with van der Waals surface area (Å²) in [5, 5.41) is 2.66. The number of nitrogens with one attached hydrogen (secondary N) is 1. The highest BCUT2D eigenvalue weighted by Crippen LogP contribution is 2.16. The van der Waals surface area contributed by atoms with E-state index < -0.39 is 11.3 Å². The van der Waals surface area contributed by atoms with Crippen LogP contribution in [0.1, 0.15) is 10.6 Å². The molecule has 2 aromatic rings. The third-order valence-corrected chi connectivity index (χ3v) is 2.88.